The van der Waals surface area contributed by atoms with Crippen LogP contribution in [0.25, 0.3) is 0 Å². The maximum Gasteiger partial charge on any atom is 0.241 e. The molecular weight excluding hydrogens is 283 g/mol. The van der Waals surface area contributed by atoms with E-state index in [4.69, 9.17) is 0 Å². The first kappa shape index (κ1) is 15.0. The lowest BCUT2D eigenvalue weighted by Crippen LogP contribution is -2.51. The molecule has 118 valence electrons. The third kappa shape index (κ3) is 2.72. The van der Waals surface area contributed by atoms with Crippen molar-refractivity contribution in [3.8, 4) is 0 Å². The minimum Gasteiger partial charge on any atom is -0.346 e. The fourth-order valence-electron chi connectivity index (χ4n) is 3.35. The van der Waals surface area contributed by atoms with Crippen molar-refractivity contribution >= 4 is 11.8 Å². The van der Waals surface area contributed by atoms with Crippen molar-refractivity contribution < 1.29 is 14.0 Å². The van der Waals surface area contributed by atoms with E-state index >= 15 is 0 Å². The second kappa shape index (κ2) is 6.07. The van der Waals surface area contributed by atoms with Gasteiger partial charge < -0.3 is 10.2 Å². The number of hydrogen-bond acceptors (Lipinski definition) is 2. The molecule has 1 N–H and O–H groups in total. The molecule has 1 saturated carbocycles. The van der Waals surface area contributed by atoms with Crippen molar-refractivity contribution in [2.75, 3.05) is 19.6 Å². The van der Waals surface area contributed by atoms with E-state index in [-0.39, 0.29) is 24.2 Å². The Hall–Kier alpha value is -1.91. The minimum atomic E-state index is -0.584. The predicted molar refractivity (Wildman–Crippen MR) is 80.8 cm³/mol. The van der Waals surface area contributed by atoms with Gasteiger partial charge in [-0.3, -0.25) is 9.59 Å². The molecule has 1 aliphatic carbocycles. The van der Waals surface area contributed by atoms with E-state index in [1.165, 1.54) is 12.1 Å². The molecule has 5 heteroatoms. The smallest absolute Gasteiger partial charge is 0.241 e. The monoisotopic (exact) mass is 304 g/mol. The first-order valence-corrected chi connectivity index (χ1v) is 7.94. The summed E-state index contributed by atoms with van der Waals surface area (Å²) in [7, 11) is 0. The zero-order valence-corrected chi connectivity index (χ0v) is 12.6. The molecule has 1 heterocycles. The molecule has 0 bridgehead atoms. The van der Waals surface area contributed by atoms with Crippen LogP contribution in [0.1, 0.15) is 37.7 Å². The average Bonchev–Trinajstić information content (AvgIpc) is 3.00. The van der Waals surface area contributed by atoms with Crippen LogP contribution in [0.15, 0.2) is 24.3 Å². The third-order valence-corrected chi connectivity index (χ3v) is 4.90. The quantitative estimate of drug-likeness (QED) is 0.925. The van der Waals surface area contributed by atoms with Gasteiger partial charge in [0.25, 0.3) is 0 Å². The zero-order valence-electron chi connectivity index (χ0n) is 12.6. The van der Waals surface area contributed by atoms with Crippen molar-refractivity contribution in [3.05, 3.63) is 35.6 Å². The highest BCUT2D eigenvalue weighted by Gasteiger charge is 2.45. The zero-order chi connectivity index (χ0) is 15.6. The van der Waals surface area contributed by atoms with Gasteiger partial charge in [-0.1, -0.05) is 18.6 Å². The Morgan fingerprint density at radius 3 is 2.27 bits per heavy atom. The largest absolute Gasteiger partial charge is 0.346 e. The SMILES string of the molecule is O=C(CNC(=O)C1(c2ccc(F)cc2)CCC1)N1CCCC1. The number of nitrogens with one attached hydrogen (secondary N) is 1. The molecule has 3 rings (SSSR count). The van der Waals surface area contributed by atoms with Gasteiger partial charge in [0.05, 0.1) is 12.0 Å². The molecule has 0 spiro atoms. The normalized spacial score (nSPS) is 19.6. The highest BCUT2D eigenvalue weighted by Crippen LogP contribution is 2.43. The first-order valence-electron chi connectivity index (χ1n) is 7.94. The number of benzene rings is 1. The lowest BCUT2D eigenvalue weighted by molar-refractivity contribution is -0.135. The van der Waals surface area contributed by atoms with Crippen molar-refractivity contribution in [1.29, 1.82) is 0 Å². The maximum atomic E-state index is 13.1. The highest BCUT2D eigenvalue weighted by atomic mass is 19.1. The molecule has 22 heavy (non-hydrogen) atoms. The number of carbonyl (C=O) groups excluding carboxylic acids is 2. The Bertz CT molecular complexity index is 561. The number of carbonyl (C=O) groups is 2. The summed E-state index contributed by atoms with van der Waals surface area (Å²) >= 11 is 0. The predicted octanol–water partition coefficient (Wildman–Crippen LogP) is 1.99. The summed E-state index contributed by atoms with van der Waals surface area (Å²) < 4.78 is 13.1. The van der Waals surface area contributed by atoms with Gasteiger partial charge in [0.15, 0.2) is 0 Å². The van der Waals surface area contributed by atoms with Crippen LogP contribution in [0.2, 0.25) is 0 Å². The topological polar surface area (TPSA) is 49.4 Å². The van der Waals surface area contributed by atoms with E-state index in [0.717, 1.165) is 50.8 Å². The summed E-state index contributed by atoms with van der Waals surface area (Å²) in [5, 5.41) is 2.79. The molecule has 0 unspecified atom stereocenters. The van der Waals surface area contributed by atoms with Gasteiger partial charge in [0.1, 0.15) is 5.82 Å². The molecule has 0 aromatic heterocycles. The Labute approximate surface area is 129 Å². The Morgan fingerprint density at radius 1 is 1.09 bits per heavy atom. The second-order valence-electron chi connectivity index (χ2n) is 6.21. The fraction of sp³-hybridized carbons (Fsp3) is 0.529. The number of amides is 2. The van der Waals surface area contributed by atoms with Gasteiger partial charge in [-0.15, -0.1) is 0 Å². The van der Waals surface area contributed by atoms with Crippen LogP contribution in [0.5, 0.6) is 0 Å². The summed E-state index contributed by atoms with van der Waals surface area (Å²) in [5.74, 6) is -0.430. The van der Waals surface area contributed by atoms with Gasteiger partial charge >= 0.3 is 0 Å². The third-order valence-electron chi connectivity index (χ3n) is 4.90. The van der Waals surface area contributed by atoms with Crippen LogP contribution in [-0.4, -0.2) is 36.3 Å². The molecule has 1 saturated heterocycles. The average molecular weight is 304 g/mol. The number of nitrogens with zero attached hydrogens (tertiary/aromatic N) is 1. The van der Waals surface area contributed by atoms with E-state index in [9.17, 15) is 14.0 Å². The van der Waals surface area contributed by atoms with Crippen LogP contribution in [-0.2, 0) is 15.0 Å². The minimum absolute atomic E-state index is 0.0144. The fourth-order valence-corrected chi connectivity index (χ4v) is 3.35. The van der Waals surface area contributed by atoms with Crippen LogP contribution in [0.3, 0.4) is 0 Å². The van der Waals surface area contributed by atoms with Crippen molar-refractivity contribution in [1.82, 2.24) is 10.2 Å². The Kier molecular flexibility index (Phi) is 4.14. The molecule has 1 aromatic rings. The second-order valence-corrected chi connectivity index (χ2v) is 6.21. The van der Waals surface area contributed by atoms with E-state index in [1.807, 2.05) is 0 Å². The van der Waals surface area contributed by atoms with Gasteiger partial charge in [0, 0.05) is 13.1 Å². The summed E-state index contributed by atoms with van der Waals surface area (Å²) in [6.45, 7) is 1.64. The van der Waals surface area contributed by atoms with Crippen molar-refractivity contribution in [2.24, 2.45) is 0 Å². The van der Waals surface area contributed by atoms with Gasteiger partial charge in [-0.25, -0.2) is 4.39 Å². The van der Waals surface area contributed by atoms with E-state index < -0.39 is 5.41 Å². The molecular formula is C17H21FN2O2. The standard InChI is InChI=1S/C17H21FN2O2/c18-14-6-4-13(5-7-14)17(8-3-9-17)16(22)19-12-15(21)20-10-1-2-11-20/h4-7H,1-3,8-12H2,(H,19,22). The number of halogens is 1. The molecule has 1 aliphatic heterocycles. The Morgan fingerprint density at radius 2 is 1.73 bits per heavy atom. The summed E-state index contributed by atoms with van der Waals surface area (Å²) in [5.41, 5.74) is 0.255. The lowest BCUT2D eigenvalue weighted by atomic mass is 9.64. The molecule has 0 atom stereocenters. The summed E-state index contributed by atoms with van der Waals surface area (Å²) in [4.78, 5) is 26.4. The summed E-state index contributed by atoms with van der Waals surface area (Å²) in [6, 6.07) is 6.13. The van der Waals surface area contributed by atoms with Crippen molar-refractivity contribution in [2.45, 2.75) is 37.5 Å². The van der Waals surface area contributed by atoms with Crippen molar-refractivity contribution in [3.63, 3.8) is 0 Å². The van der Waals surface area contributed by atoms with Crippen LogP contribution < -0.4 is 5.32 Å². The van der Waals surface area contributed by atoms with E-state index in [0.29, 0.717) is 0 Å². The van der Waals surface area contributed by atoms with Crippen LogP contribution >= 0.6 is 0 Å². The molecule has 2 fully saturated rings. The highest BCUT2D eigenvalue weighted by molar-refractivity contribution is 5.92. The first-order chi connectivity index (χ1) is 10.6. The maximum absolute atomic E-state index is 13.1. The molecule has 2 amide bonds. The lowest BCUT2D eigenvalue weighted by Gasteiger charge is -2.40. The van der Waals surface area contributed by atoms with Crippen LogP contribution in [0, 0.1) is 5.82 Å². The summed E-state index contributed by atoms with van der Waals surface area (Å²) in [6.07, 6.45) is 4.56. The molecule has 1 aromatic carbocycles. The van der Waals surface area contributed by atoms with Gasteiger partial charge in [0.2, 0.25) is 11.8 Å². The number of likely N-dealkylation sites (tertiary alicyclic amines) is 1. The van der Waals surface area contributed by atoms with E-state index in [2.05, 4.69) is 5.32 Å². The number of hydrogen-bond donors (Lipinski definition) is 1. The molecule has 4 nitrogen and oxygen atoms in total. The van der Waals surface area contributed by atoms with Crippen LogP contribution in [0.4, 0.5) is 4.39 Å². The molecule has 2 aliphatic rings. The van der Waals surface area contributed by atoms with Gasteiger partial charge in [-0.2, -0.15) is 0 Å². The number of rotatable bonds is 4. The van der Waals surface area contributed by atoms with E-state index in [1.54, 1.807) is 17.0 Å². The van der Waals surface area contributed by atoms with Gasteiger partial charge in [-0.05, 0) is 43.4 Å². The Balaban J connectivity index is 1.64. The molecule has 0 radical (unpaired) electrons.